The molecule has 0 radical (unpaired) electrons. The molecule has 6 heteroatoms. The third-order valence-corrected chi connectivity index (χ3v) is 2.63. The number of methoxy groups -OCH3 is 1. The first kappa shape index (κ1) is 13.8. The van der Waals surface area contributed by atoms with Crippen LogP contribution in [0, 0.1) is 11.6 Å². The van der Waals surface area contributed by atoms with E-state index < -0.39 is 23.1 Å². The van der Waals surface area contributed by atoms with Gasteiger partial charge in [-0.15, -0.1) is 0 Å². The highest BCUT2D eigenvalue weighted by atomic mass is 19.2. The van der Waals surface area contributed by atoms with E-state index in [-0.39, 0.29) is 17.2 Å². The molecule has 0 heterocycles. The zero-order chi connectivity index (χ0) is 14.7. The van der Waals surface area contributed by atoms with E-state index in [4.69, 9.17) is 4.74 Å². The summed E-state index contributed by atoms with van der Waals surface area (Å²) in [6.45, 7) is 0. The second kappa shape index (κ2) is 5.56. The van der Waals surface area contributed by atoms with Gasteiger partial charge in [0, 0.05) is 11.8 Å². The van der Waals surface area contributed by atoms with Gasteiger partial charge in [-0.25, -0.2) is 8.78 Å². The zero-order valence-corrected chi connectivity index (χ0v) is 10.5. The molecule has 0 bridgehead atoms. The lowest BCUT2D eigenvalue weighted by Crippen LogP contribution is -2.14. The van der Waals surface area contributed by atoms with Crippen LogP contribution in [-0.2, 0) is 0 Å². The van der Waals surface area contributed by atoms with Crippen molar-refractivity contribution in [2.45, 2.75) is 0 Å². The van der Waals surface area contributed by atoms with Gasteiger partial charge in [-0.2, -0.15) is 0 Å². The molecular formula is C14H11F2NO3. The van der Waals surface area contributed by atoms with Gasteiger partial charge in [0.2, 0.25) is 0 Å². The smallest absolute Gasteiger partial charge is 0.258 e. The van der Waals surface area contributed by atoms with Crippen LogP contribution in [0.15, 0.2) is 36.4 Å². The average molecular weight is 279 g/mol. The van der Waals surface area contributed by atoms with E-state index in [0.717, 1.165) is 12.1 Å². The van der Waals surface area contributed by atoms with Crippen LogP contribution in [0.3, 0.4) is 0 Å². The van der Waals surface area contributed by atoms with Gasteiger partial charge in [-0.3, -0.25) is 4.79 Å². The highest BCUT2D eigenvalue weighted by Gasteiger charge is 2.15. The maximum absolute atomic E-state index is 13.4. The van der Waals surface area contributed by atoms with Crippen molar-refractivity contribution in [1.82, 2.24) is 0 Å². The zero-order valence-electron chi connectivity index (χ0n) is 10.5. The van der Waals surface area contributed by atoms with E-state index >= 15 is 0 Å². The van der Waals surface area contributed by atoms with E-state index in [0.29, 0.717) is 0 Å². The SMILES string of the molecule is COc1ccc(NC(=O)c2cccc(F)c2F)cc1O. The van der Waals surface area contributed by atoms with E-state index in [9.17, 15) is 18.7 Å². The topological polar surface area (TPSA) is 58.6 Å². The molecule has 2 aromatic rings. The Labute approximate surface area is 113 Å². The summed E-state index contributed by atoms with van der Waals surface area (Å²) < 4.78 is 31.3. The lowest BCUT2D eigenvalue weighted by Gasteiger charge is -2.08. The minimum Gasteiger partial charge on any atom is -0.504 e. The molecule has 0 unspecified atom stereocenters. The second-order valence-electron chi connectivity index (χ2n) is 3.94. The first-order valence-electron chi connectivity index (χ1n) is 5.65. The minimum atomic E-state index is -1.22. The number of phenols is 1. The molecular weight excluding hydrogens is 268 g/mol. The van der Waals surface area contributed by atoms with Crippen LogP contribution in [-0.4, -0.2) is 18.1 Å². The largest absolute Gasteiger partial charge is 0.504 e. The van der Waals surface area contributed by atoms with Gasteiger partial charge in [-0.1, -0.05) is 6.07 Å². The normalized spacial score (nSPS) is 10.2. The molecule has 1 amide bonds. The Hall–Kier alpha value is -2.63. The fraction of sp³-hybridized carbons (Fsp3) is 0.0714. The van der Waals surface area contributed by atoms with Crippen LogP contribution in [0.25, 0.3) is 0 Å². The van der Waals surface area contributed by atoms with Crippen molar-refractivity contribution in [3.8, 4) is 11.5 Å². The maximum Gasteiger partial charge on any atom is 0.258 e. The molecule has 0 atom stereocenters. The monoisotopic (exact) mass is 279 g/mol. The van der Waals surface area contributed by atoms with E-state index in [1.165, 1.54) is 31.4 Å². The van der Waals surface area contributed by atoms with Crippen LogP contribution in [0.1, 0.15) is 10.4 Å². The Kier molecular flexibility index (Phi) is 3.84. The number of carbonyl (C=O) groups is 1. The molecule has 0 saturated heterocycles. The summed E-state index contributed by atoms with van der Waals surface area (Å²) in [6.07, 6.45) is 0. The van der Waals surface area contributed by atoms with Crippen LogP contribution in [0.5, 0.6) is 11.5 Å². The summed E-state index contributed by atoms with van der Waals surface area (Å²) in [5.74, 6) is -3.07. The molecule has 0 saturated carbocycles. The molecule has 0 aromatic heterocycles. The summed E-state index contributed by atoms with van der Waals surface area (Å²) >= 11 is 0. The standard InChI is InChI=1S/C14H11F2NO3/c1-20-12-6-5-8(7-11(12)18)17-14(19)9-3-2-4-10(15)13(9)16/h2-7,18H,1H3,(H,17,19). The summed E-state index contributed by atoms with van der Waals surface area (Å²) in [7, 11) is 1.38. The maximum atomic E-state index is 13.4. The number of carbonyl (C=O) groups excluding carboxylic acids is 1. The van der Waals surface area contributed by atoms with Crippen LogP contribution < -0.4 is 10.1 Å². The molecule has 4 nitrogen and oxygen atoms in total. The van der Waals surface area contributed by atoms with Gasteiger partial charge in [0.15, 0.2) is 23.1 Å². The van der Waals surface area contributed by atoms with Crippen molar-refractivity contribution in [2.75, 3.05) is 12.4 Å². The molecule has 0 aliphatic heterocycles. The fourth-order valence-corrected chi connectivity index (χ4v) is 1.65. The summed E-state index contributed by atoms with van der Waals surface area (Å²) in [5.41, 5.74) is -0.183. The van der Waals surface area contributed by atoms with Crippen molar-refractivity contribution in [2.24, 2.45) is 0 Å². The average Bonchev–Trinajstić information content (AvgIpc) is 2.42. The van der Waals surface area contributed by atoms with Crippen LogP contribution >= 0.6 is 0 Å². The number of anilines is 1. The number of ether oxygens (including phenoxy) is 1. The van der Waals surface area contributed by atoms with Crippen molar-refractivity contribution in [3.05, 3.63) is 53.6 Å². The van der Waals surface area contributed by atoms with Crippen LogP contribution in [0.2, 0.25) is 0 Å². The summed E-state index contributed by atoms with van der Waals surface area (Å²) in [5, 5.41) is 11.9. The van der Waals surface area contributed by atoms with Gasteiger partial charge in [0.25, 0.3) is 5.91 Å². The molecule has 0 aliphatic rings. The van der Waals surface area contributed by atoms with Gasteiger partial charge < -0.3 is 15.2 Å². The lowest BCUT2D eigenvalue weighted by atomic mass is 10.2. The number of nitrogens with one attached hydrogen (secondary N) is 1. The number of amides is 1. The number of phenolic OH excluding ortho intramolecular Hbond substituents is 1. The first-order chi connectivity index (χ1) is 9.52. The van der Waals surface area contributed by atoms with Crippen molar-refractivity contribution in [3.63, 3.8) is 0 Å². The molecule has 0 fully saturated rings. The Morgan fingerprint density at radius 3 is 2.65 bits per heavy atom. The van der Waals surface area contributed by atoms with Gasteiger partial charge in [0.05, 0.1) is 12.7 Å². The van der Waals surface area contributed by atoms with Crippen molar-refractivity contribution >= 4 is 11.6 Å². The number of hydrogen-bond donors (Lipinski definition) is 2. The number of hydrogen-bond acceptors (Lipinski definition) is 3. The second-order valence-corrected chi connectivity index (χ2v) is 3.94. The Balaban J connectivity index is 2.24. The predicted molar refractivity (Wildman–Crippen MR) is 69.0 cm³/mol. The van der Waals surface area contributed by atoms with E-state index in [1.54, 1.807) is 0 Å². The molecule has 2 aromatic carbocycles. The third-order valence-electron chi connectivity index (χ3n) is 2.63. The Morgan fingerprint density at radius 2 is 2.00 bits per heavy atom. The van der Waals surface area contributed by atoms with Gasteiger partial charge >= 0.3 is 0 Å². The number of benzene rings is 2. The van der Waals surface area contributed by atoms with Gasteiger partial charge in [-0.05, 0) is 24.3 Å². The highest BCUT2D eigenvalue weighted by molar-refractivity contribution is 6.04. The van der Waals surface area contributed by atoms with Crippen molar-refractivity contribution < 1.29 is 23.4 Å². The fourth-order valence-electron chi connectivity index (χ4n) is 1.65. The Morgan fingerprint density at radius 1 is 1.25 bits per heavy atom. The highest BCUT2D eigenvalue weighted by Crippen LogP contribution is 2.28. The third kappa shape index (κ3) is 2.69. The lowest BCUT2D eigenvalue weighted by molar-refractivity contribution is 0.102. The Bertz CT molecular complexity index is 659. The number of rotatable bonds is 3. The molecule has 2 rings (SSSR count). The van der Waals surface area contributed by atoms with E-state index in [2.05, 4.69) is 5.32 Å². The van der Waals surface area contributed by atoms with E-state index in [1.807, 2.05) is 0 Å². The minimum absolute atomic E-state index is 0.176. The molecule has 0 aliphatic carbocycles. The van der Waals surface area contributed by atoms with Crippen molar-refractivity contribution in [1.29, 1.82) is 0 Å². The molecule has 104 valence electrons. The molecule has 0 spiro atoms. The predicted octanol–water partition coefficient (Wildman–Crippen LogP) is 2.93. The molecule has 2 N–H and O–H groups in total. The quantitative estimate of drug-likeness (QED) is 0.908. The summed E-state index contributed by atoms with van der Waals surface area (Å²) in [6, 6.07) is 7.47. The van der Waals surface area contributed by atoms with Crippen LogP contribution in [0.4, 0.5) is 14.5 Å². The summed E-state index contributed by atoms with van der Waals surface area (Å²) in [4.78, 5) is 11.8. The number of aromatic hydroxyl groups is 1. The number of halogens is 2. The molecule has 20 heavy (non-hydrogen) atoms. The van der Waals surface area contributed by atoms with Gasteiger partial charge in [0.1, 0.15) is 0 Å². The first-order valence-corrected chi connectivity index (χ1v) is 5.65.